The number of nitrogens with zero attached hydrogens (tertiary/aromatic N) is 2. The first kappa shape index (κ1) is 36.6. The maximum Gasteiger partial charge on any atom is 0.145 e. The summed E-state index contributed by atoms with van der Waals surface area (Å²) in [6.07, 6.45) is 9.71. The summed E-state index contributed by atoms with van der Waals surface area (Å²) in [7, 11) is 0. The normalized spacial score (nSPS) is 15.5. The largest absolute Gasteiger partial charge is 0.296 e. The third-order valence-corrected chi connectivity index (χ3v) is 13.5. The fourth-order valence-electron chi connectivity index (χ4n) is 8.14. The second-order valence-electron chi connectivity index (χ2n) is 14.1. The first-order chi connectivity index (χ1) is 26.9. The molecule has 9 rings (SSSR count). The van der Waals surface area contributed by atoms with Gasteiger partial charge in [0, 0.05) is 37.6 Å². The van der Waals surface area contributed by atoms with E-state index in [0.717, 1.165) is 34.6 Å². The Morgan fingerprint density at radius 2 is 1.56 bits per heavy atom. The van der Waals surface area contributed by atoms with Crippen molar-refractivity contribution in [2.24, 2.45) is 4.99 Å². The van der Waals surface area contributed by atoms with Crippen LogP contribution in [0.4, 0.5) is 11.4 Å². The van der Waals surface area contributed by atoms with Gasteiger partial charge in [-0.1, -0.05) is 142 Å². The van der Waals surface area contributed by atoms with Crippen LogP contribution in [0.15, 0.2) is 167 Å². The van der Waals surface area contributed by atoms with Gasteiger partial charge in [0.05, 0.1) is 16.1 Å². The Hall–Kier alpha value is -5.42. The van der Waals surface area contributed by atoms with Crippen molar-refractivity contribution in [3.8, 4) is 0 Å². The lowest BCUT2D eigenvalue weighted by Gasteiger charge is -2.28. The van der Waals surface area contributed by atoms with Gasteiger partial charge in [0.2, 0.25) is 0 Å². The highest BCUT2D eigenvalue weighted by molar-refractivity contribution is 8.03. The molecule has 1 atom stereocenters. The number of allylic oxidation sites excluding steroid dienone is 7. The van der Waals surface area contributed by atoms with Crippen LogP contribution in [0.2, 0.25) is 0 Å². The molecule has 0 amide bonds. The lowest BCUT2D eigenvalue weighted by molar-refractivity contribution is 0.829. The van der Waals surface area contributed by atoms with Gasteiger partial charge in [-0.25, -0.2) is 4.99 Å². The van der Waals surface area contributed by atoms with Crippen molar-refractivity contribution in [3.05, 3.63) is 179 Å². The number of aryl methyl sites for hydroxylation is 1. The average molecular weight is 751 g/mol. The molecule has 4 heteroatoms. The zero-order valence-corrected chi connectivity index (χ0v) is 34.2. The fourth-order valence-corrected chi connectivity index (χ4v) is 10.4. The minimum atomic E-state index is 0.193. The summed E-state index contributed by atoms with van der Waals surface area (Å²) < 4.78 is 2.60. The topological polar surface area (TPSA) is 15.6 Å². The van der Waals surface area contributed by atoms with Crippen LogP contribution >= 0.6 is 23.1 Å². The van der Waals surface area contributed by atoms with Crippen molar-refractivity contribution in [2.45, 2.75) is 58.8 Å². The lowest BCUT2D eigenvalue weighted by atomic mass is 9.87. The average Bonchev–Trinajstić information content (AvgIpc) is 3.79. The maximum atomic E-state index is 5.62. The number of rotatable bonds is 6. The Kier molecular flexibility index (Phi) is 9.98. The van der Waals surface area contributed by atoms with Crippen molar-refractivity contribution in [2.75, 3.05) is 4.90 Å². The van der Waals surface area contributed by atoms with E-state index in [1.165, 1.54) is 79.6 Å². The van der Waals surface area contributed by atoms with E-state index >= 15 is 0 Å². The van der Waals surface area contributed by atoms with Crippen LogP contribution in [0.1, 0.15) is 62.3 Å². The Morgan fingerprint density at radius 1 is 0.836 bits per heavy atom. The summed E-state index contributed by atoms with van der Waals surface area (Å²) in [5, 5.41) is 7.84. The molecule has 272 valence electrons. The molecule has 0 radical (unpaired) electrons. The monoisotopic (exact) mass is 750 g/mol. The number of aliphatic imine (C=N–C) groups is 1. The number of thioether (sulfide) groups is 1. The molecule has 2 heterocycles. The first-order valence-electron chi connectivity index (χ1n) is 19.2. The molecule has 0 spiro atoms. The molecule has 55 heavy (non-hydrogen) atoms. The van der Waals surface area contributed by atoms with Gasteiger partial charge in [-0.15, -0.1) is 11.3 Å². The number of hydrogen-bond donors (Lipinski definition) is 0. The molecule has 0 N–H and O–H groups in total. The number of benzene rings is 6. The van der Waals surface area contributed by atoms with Crippen LogP contribution in [0.25, 0.3) is 47.3 Å². The second-order valence-corrected chi connectivity index (χ2v) is 16.4. The maximum absolute atomic E-state index is 5.62. The summed E-state index contributed by atoms with van der Waals surface area (Å²) in [6.45, 7) is 21.6. The van der Waals surface area contributed by atoms with E-state index in [-0.39, 0.29) is 5.92 Å². The Bertz CT molecular complexity index is 2820. The van der Waals surface area contributed by atoms with Gasteiger partial charge in [0.25, 0.3) is 0 Å². The zero-order valence-electron chi connectivity index (χ0n) is 32.5. The molecule has 0 saturated carbocycles. The summed E-state index contributed by atoms with van der Waals surface area (Å²) in [4.78, 5) is 10.6. The number of para-hydroxylation sites is 1. The van der Waals surface area contributed by atoms with Crippen molar-refractivity contribution >= 4 is 87.6 Å². The van der Waals surface area contributed by atoms with E-state index in [9.17, 15) is 0 Å². The summed E-state index contributed by atoms with van der Waals surface area (Å²) in [5.41, 5.74) is 10.3. The molecule has 0 saturated heterocycles. The van der Waals surface area contributed by atoms with E-state index < -0.39 is 0 Å². The van der Waals surface area contributed by atoms with E-state index in [1.54, 1.807) is 11.8 Å². The van der Waals surface area contributed by atoms with Gasteiger partial charge in [-0.05, 0) is 113 Å². The molecule has 0 fully saturated rings. The van der Waals surface area contributed by atoms with Crippen molar-refractivity contribution < 1.29 is 0 Å². The van der Waals surface area contributed by atoms with Gasteiger partial charge >= 0.3 is 0 Å². The molecular weight excluding hydrogens is 705 g/mol. The molecule has 1 aliphatic carbocycles. The summed E-state index contributed by atoms with van der Waals surface area (Å²) in [5.74, 6) is 1.06. The van der Waals surface area contributed by atoms with E-state index in [2.05, 4.69) is 161 Å². The lowest BCUT2D eigenvalue weighted by Crippen LogP contribution is -2.29. The smallest absolute Gasteiger partial charge is 0.145 e. The molecule has 6 aromatic carbocycles. The van der Waals surface area contributed by atoms with Crippen LogP contribution in [0.5, 0.6) is 0 Å². The van der Waals surface area contributed by atoms with Crippen molar-refractivity contribution in [1.29, 1.82) is 0 Å². The summed E-state index contributed by atoms with van der Waals surface area (Å²) >= 11 is 3.70. The fraction of sp³-hybridized carbons (Fsp3) is 0.157. The molecule has 1 aliphatic heterocycles. The second kappa shape index (κ2) is 15.0. The van der Waals surface area contributed by atoms with Gasteiger partial charge in [-0.3, -0.25) is 4.90 Å². The third-order valence-electron chi connectivity index (χ3n) is 11.1. The molecule has 1 aromatic heterocycles. The molecular formula is C51H46N2S2. The highest BCUT2D eigenvalue weighted by Gasteiger charge is 2.41. The summed E-state index contributed by atoms with van der Waals surface area (Å²) in [6, 6.07) is 37.5. The van der Waals surface area contributed by atoms with Crippen LogP contribution in [-0.4, -0.2) is 5.84 Å². The number of hydrogen-bond acceptors (Lipinski definition) is 3. The van der Waals surface area contributed by atoms with Crippen molar-refractivity contribution in [1.82, 2.24) is 0 Å². The SMILES string of the molecule is C=C/C(C)=C(\C)Sc1cccc(C(=C)C(=Nc2ccccc2C)N2C3=CC=CCC3c3c2c2sc4ccc5ccccc5c4c2c2ccccc32)c1C.CC. The highest BCUT2D eigenvalue weighted by atomic mass is 32.2. The van der Waals surface area contributed by atoms with E-state index in [1.807, 2.05) is 31.3 Å². The highest BCUT2D eigenvalue weighted by Crippen LogP contribution is 2.58. The molecule has 0 bridgehead atoms. The zero-order chi connectivity index (χ0) is 38.4. The van der Waals surface area contributed by atoms with E-state index in [0.29, 0.717) is 0 Å². The number of fused-ring (bicyclic) bond motifs is 12. The van der Waals surface area contributed by atoms with Crippen LogP contribution < -0.4 is 4.90 Å². The number of anilines is 1. The third kappa shape index (κ3) is 6.09. The predicted molar refractivity (Wildman–Crippen MR) is 246 cm³/mol. The van der Waals surface area contributed by atoms with Gasteiger partial charge in [0.1, 0.15) is 5.84 Å². The molecule has 1 unspecified atom stereocenters. The standard InChI is InChI=1S/C49H40N2S2.C2H6/c1-7-29(2)33(6)52-42-26-16-23-35(31(42)4)32(5)49(50-40-24-14-8-17-30(40)3)51-41-25-15-13-22-39(41)44-37-20-11-12-21-38(37)46-45-36-19-10-9-18-34(36)27-28-43(45)53-48(46)47(44)51;1-2/h7-21,23-28,39H,1,5,22H2,2-4,6H3;1-2H3/b33-29+,50-49?;. The van der Waals surface area contributed by atoms with Gasteiger partial charge in [-0.2, -0.15) is 0 Å². The molecule has 2 nitrogen and oxygen atoms in total. The first-order valence-corrected chi connectivity index (χ1v) is 20.9. The van der Waals surface area contributed by atoms with Crippen LogP contribution in [0, 0.1) is 13.8 Å². The van der Waals surface area contributed by atoms with Gasteiger partial charge < -0.3 is 0 Å². The Morgan fingerprint density at radius 3 is 2.35 bits per heavy atom. The minimum Gasteiger partial charge on any atom is -0.296 e. The Balaban J connectivity index is 0.00000210. The van der Waals surface area contributed by atoms with Crippen LogP contribution in [0.3, 0.4) is 0 Å². The molecule has 7 aromatic rings. The van der Waals surface area contributed by atoms with E-state index in [4.69, 9.17) is 11.6 Å². The van der Waals surface area contributed by atoms with Gasteiger partial charge in [0.15, 0.2) is 0 Å². The van der Waals surface area contributed by atoms with Crippen molar-refractivity contribution in [3.63, 3.8) is 0 Å². The minimum absolute atomic E-state index is 0.193. The quantitative estimate of drug-likeness (QED) is 0.0728. The number of amidine groups is 1. The Labute approximate surface area is 333 Å². The predicted octanol–water partition coefficient (Wildman–Crippen LogP) is 15.8. The molecule has 2 aliphatic rings. The van der Waals surface area contributed by atoms with Crippen LogP contribution in [-0.2, 0) is 0 Å². The number of thiophene rings is 1.